The molecular formula is C21H44. The van der Waals surface area contributed by atoms with Crippen LogP contribution in [0.5, 0.6) is 0 Å². The molecule has 0 radical (unpaired) electrons. The highest BCUT2D eigenvalue weighted by Gasteiger charge is 2.34. The van der Waals surface area contributed by atoms with Crippen molar-refractivity contribution in [1.82, 2.24) is 0 Å². The first kappa shape index (κ1) is 21.0. The minimum absolute atomic E-state index is 0.414. The Morgan fingerprint density at radius 2 is 1.00 bits per heavy atom. The van der Waals surface area contributed by atoms with Gasteiger partial charge < -0.3 is 0 Å². The molecule has 0 amide bonds. The van der Waals surface area contributed by atoms with Gasteiger partial charge in [0.25, 0.3) is 0 Å². The zero-order valence-electron chi connectivity index (χ0n) is 17.0. The standard InChI is InChI=1S/C21H44/c1-12-13-14(2)15(3)16(4)17(5)18(6)19(7)20(8)21(9,10)11/h14-20H,12-13H2,1-11H3. The molecular weight excluding hydrogens is 252 g/mol. The lowest BCUT2D eigenvalue weighted by Crippen LogP contribution is -2.34. The zero-order valence-corrected chi connectivity index (χ0v) is 17.0. The summed E-state index contributed by atoms with van der Waals surface area (Å²) in [6.45, 7) is 26.8. The van der Waals surface area contributed by atoms with E-state index in [1.165, 1.54) is 12.8 Å². The van der Waals surface area contributed by atoms with Crippen molar-refractivity contribution in [2.45, 2.75) is 89.0 Å². The minimum atomic E-state index is 0.414. The summed E-state index contributed by atoms with van der Waals surface area (Å²) >= 11 is 0. The van der Waals surface area contributed by atoms with Crippen LogP contribution in [0.2, 0.25) is 0 Å². The van der Waals surface area contributed by atoms with E-state index in [2.05, 4.69) is 76.2 Å². The summed E-state index contributed by atoms with van der Waals surface area (Å²) < 4.78 is 0. The van der Waals surface area contributed by atoms with E-state index in [9.17, 15) is 0 Å². The fourth-order valence-corrected chi connectivity index (χ4v) is 3.92. The van der Waals surface area contributed by atoms with Gasteiger partial charge in [-0.2, -0.15) is 0 Å². The van der Waals surface area contributed by atoms with E-state index < -0.39 is 0 Å². The molecule has 0 aliphatic rings. The van der Waals surface area contributed by atoms with E-state index in [1.807, 2.05) is 0 Å². The van der Waals surface area contributed by atoms with E-state index >= 15 is 0 Å². The van der Waals surface area contributed by atoms with Gasteiger partial charge in [0, 0.05) is 0 Å². The highest BCUT2D eigenvalue weighted by atomic mass is 14.4. The van der Waals surface area contributed by atoms with Crippen molar-refractivity contribution in [3.8, 4) is 0 Å². The van der Waals surface area contributed by atoms with Crippen LogP contribution in [0.3, 0.4) is 0 Å². The molecule has 0 heteroatoms. The molecule has 7 atom stereocenters. The first-order valence-electron chi connectivity index (χ1n) is 9.45. The van der Waals surface area contributed by atoms with Gasteiger partial charge in [-0.05, 0) is 46.8 Å². The van der Waals surface area contributed by atoms with Gasteiger partial charge in [0.05, 0.1) is 0 Å². The summed E-state index contributed by atoms with van der Waals surface area (Å²) in [6.07, 6.45) is 2.69. The van der Waals surface area contributed by atoms with Crippen LogP contribution in [-0.2, 0) is 0 Å². The molecule has 0 aromatic carbocycles. The molecule has 0 heterocycles. The van der Waals surface area contributed by atoms with E-state index in [0.717, 1.165) is 41.4 Å². The zero-order chi connectivity index (χ0) is 17.0. The first-order chi connectivity index (χ1) is 9.45. The predicted octanol–water partition coefficient (Wildman–Crippen LogP) is 7.29. The van der Waals surface area contributed by atoms with Crippen molar-refractivity contribution in [1.29, 1.82) is 0 Å². The molecule has 0 aromatic rings. The van der Waals surface area contributed by atoms with Crippen LogP contribution in [0, 0.1) is 46.8 Å². The van der Waals surface area contributed by atoms with Crippen LogP contribution in [0.1, 0.15) is 89.0 Å². The molecule has 0 N–H and O–H groups in total. The van der Waals surface area contributed by atoms with Gasteiger partial charge in [0.15, 0.2) is 0 Å². The van der Waals surface area contributed by atoms with Gasteiger partial charge >= 0.3 is 0 Å². The normalized spacial score (nSPS) is 23.0. The summed E-state index contributed by atoms with van der Waals surface area (Å²) in [6, 6.07) is 0. The summed E-state index contributed by atoms with van der Waals surface area (Å²) in [5, 5.41) is 0. The summed E-state index contributed by atoms with van der Waals surface area (Å²) in [5.74, 6) is 5.66. The first-order valence-corrected chi connectivity index (χ1v) is 9.45. The van der Waals surface area contributed by atoms with Crippen LogP contribution in [0.15, 0.2) is 0 Å². The Hall–Kier alpha value is 0. The van der Waals surface area contributed by atoms with Crippen molar-refractivity contribution < 1.29 is 0 Å². The number of hydrogen-bond acceptors (Lipinski definition) is 0. The van der Waals surface area contributed by atoms with E-state index in [1.54, 1.807) is 0 Å². The average molecular weight is 297 g/mol. The molecule has 0 aliphatic carbocycles. The molecule has 0 fully saturated rings. The van der Waals surface area contributed by atoms with Crippen molar-refractivity contribution in [2.75, 3.05) is 0 Å². The number of hydrogen-bond donors (Lipinski definition) is 0. The molecule has 0 aliphatic heterocycles. The quantitative estimate of drug-likeness (QED) is 0.441. The molecule has 0 rings (SSSR count). The molecule has 0 spiro atoms. The Bertz CT molecular complexity index is 272. The maximum absolute atomic E-state index is 2.50. The van der Waals surface area contributed by atoms with Gasteiger partial charge in [-0.1, -0.05) is 89.0 Å². The molecule has 0 aromatic heterocycles. The van der Waals surface area contributed by atoms with Gasteiger partial charge in [0.1, 0.15) is 0 Å². The minimum Gasteiger partial charge on any atom is -0.0654 e. The van der Waals surface area contributed by atoms with Gasteiger partial charge in [-0.25, -0.2) is 0 Å². The van der Waals surface area contributed by atoms with E-state index in [4.69, 9.17) is 0 Å². The third-order valence-electron chi connectivity index (χ3n) is 7.11. The summed E-state index contributed by atoms with van der Waals surface area (Å²) in [4.78, 5) is 0. The van der Waals surface area contributed by atoms with Gasteiger partial charge in [-0.3, -0.25) is 0 Å². The van der Waals surface area contributed by atoms with Crippen LogP contribution >= 0.6 is 0 Å². The molecule has 21 heavy (non-hydrogen) atoms. The lowest BCUT2D eigenvalue weighted by atomic mass is 9.64. The van der Waals surface area contributed by atoms with E-state index in [-0.39, 0.29) is 0 Å². The Balaban J connectivity index is 4.79. The SMILES string of the molecule is CCCC(C)C(C)C(C)C(C)C(C)C(C)C(C)C(C)(C)C. The maximum atomic E-state index is 2.50. The highest BCUT2D eigenvalue weighted by Crippen LogP contribution is 2.41. The van der Waals surface area contributed by atoms with Crippen LogP contribution in [0.25, 0.3) is 0 Å². The molecule has 128 valence electrons. The van der Waals surface area contributed by atoms with Crippen molar-refractivity contribution >= 4 is 0 Å². The monoisotopic (exact) mass is 296 g/mol. The fraction of sp³-hybridized carbons (Fsp3) is 1.00. The van der Waals surface area contributed by atoms with Crippen LogP contribution < -0.4 is 0 Å². The second-order valence-electron chi connectivity index (χ2n) is 9.22. The molecule has 0 saturated carbocycles. The van der Waals surface area contributed by atoms with Crippen LogP contribution in [-0.4, -0.2) is 0 Å². The van der Waals surface area contributed by atoms with Gasteiger partial charge in [0.2, 0.25) is 0 Å². The van der Waals surface area contributed by atoms with Crippen LogP contribution in [0.4, 0.5) is 0 Å². The lowest BCUT2D eigenvalue weighted by Gasteiger charge is -2.41. The topological polar surface area (TPSA) is 0 Å². The van der Waals surface area contributed by atoms with E-state index in [0.29, 0.717) is 5.41 Å². The lowest BCUT2D eigenvalue weighted by molar-refractivity contribution is 0.0780. The molecule has 0 nitrogen and oxygen atoms in total. The molecule has 7 unspecified atom stereocenters. The third kappa shape index (κ3) is 5.95. The Labute approximate surface area is 136 Å². The Kier molecular flexibility index (Phi) is 8.59. The second-order valence-corrected chi connectivity index (χ2v) is 9.22. The fourth-order valence-electron chi connectivity index (χ4n) is 3.92. The average Bonchev–Trinajstić information content (AvgIpc) is 2.41. The predicted molar refractivity (Wildman–Crippen MR) is 98.5 cm³/mol. The highest BCUT2D eigenvalue weighted by molar-refractivity contribution is 4.83. The van der Waals surface area contributed by atoms with Crippen molar-refractivity contribution in [3.63, 3.8) is 0 Å². The maximum Gasteiger partial charge on any atom is -0.0354 e. The molecule has 0 bridgehead atoms. The summed E-state index contributed by atoms with van der Waals surface area (Å²) in [5.41, 5.74) is 0.414. The number of rotatable bonds is 8. The summed E-state index contributed by atoms with van der Waals surface area (Å²) in [7, 11) is 0. The van der Waals surface area contributed by atoms with Crippen molar-refractivity contribution in [3.05, 3.63) is 0 Å². The largest absolute Gasteiger partial charge is 0.0654 e. The smallest absolute Gasteiger partial charge is 0.0354 e. The Morgan fingerprint density at radius 1 is 0.619 bits per heavy atom. The van der Waals surface area contributed by atoms with Crippen molar-refractivity contribution in [2.24, 2.45) is 46.8 Å². The molecule has 0 saturated heterocycles. The third-order valence-corrected chi connectivity index (χ3v) is 7.11. The Morgan fingerprint density at radius 3 is 1.38 bits per heavy atom. The van der Waals surface area contributed by atoms with Gasteiger partial charge in [-0.15, -0.1) is 0 Å². The second kappa shape index (κ2) is 8.59.